The molecule has 5 nitrogen and oxygen atoms in total. The Balaban J connectivity index is 3.25. The molecule has 2 atom stereocenters. The zero-order valence-electron chi connectivity index (χ0n) is 9.63. The van der Waals surface area contributed by atoms with Gasteiger partial charge in [0.1, 0.15) is 0 Å². The van der Waals surface area contributed by atoms with Crippen LogP contribution < -0.4 is 0 Å². The summed E-state index contributed by atoms with van der Waals surface area (Å²) < 4.78 is 0. The molecule has 1 rings (SSSR count). The minimum atomic E-state index is -1.76. The highest BCUT2D eigenvalue weighted by atomic mass is 79.9. The first-order chi connectivity index (χ1) is 8.38. The number of alkyl halides is 1. The van der Waals surface area contributed by atoms with Crippen LogP contribution in [0, 0.1) is 0 Å². The molecule has 0 aliphatic carbocycles. The normalized spacial score (nSPS) is 14.0. The predicted octanol–water partition coefficient (Wildman–Crippen LogP) is 1.26. The fourth-order valence-electron chi connectivity index (χ4n) is 1.51. The highest BCUT2D eigenvalue weighted by molar-refractivity contribution is 9.10. The molecule has 0 saturated carbocycles. The SMILES string of the molecule is CC(Br)C(=O)c1ccc(CO)c(C(O)C(=O)O)c1. The molecule has 1 aromatic rings. The second kappa shape index (κ2) is 6.08. The Hall–Kier alpha value is -1.24. The maximum absolute atomic E-state index is 11.8. The summed E-state index contributed by atoms with van der Waals surface area (Å²) in [7, 11) is 0. The summed E-state index contributed by atoms with van der Waals surface area (Å²) in [6.45, 7) is 1.24. The van der Waals surface area contributed by atoms with Crippen LogP contribution >= 0.6 is 15.9 Å². The maximum Gasteiger partial charge on any atom is 0.337 e. The van der Waals surface area contributed by atoms with Crippen molar-refractivity contribution < 1.29 is 24.9 Å². The van der Waals surface area contributed by atoms with Crippen molar-refractivity contribution in [2.45, 2.75) is 24.5 Å². The number of benzene rings is 1. The van der Waals surface area contributed by atoms with E-state index >= 15 is 0 Å². The van der Waals surface area contributed by atoms with E-state index in [9.17, 15) is 14.7 Å². The van der Waals surface area contributed by atoms with Gasteiger partial charge in [0.05, 0.1) is 11.4 Å². The molecule has 6 heteroatoms. The molecule has 3 N–H and O–H groups in total. The van der Waals surface area contributed by atoms with Gasteiger partial charge in [-0.3, -0.25) is 4.79 Å². The third-order valence-electron chi connectivity index (χ3n) is 2.49. The molecule has 0 amide bonds. The highest BCUT2D eigenvalue weighted by Crippen LogP contribution is 2.22. The summed E-state index contributed by atoms with van der Waals surface area (Å²) in [4.78, 5) is 22.1. The number of carbonyl (C=O) groups excluding carboxylic acids is 1. The summed E-state index contributed by atoms with van der Waals surface area (Å²) in [6.07, 6.45) is -1.76. The van der Waals surface area contributed by atoms with Gasteiger partial charge in [-0.15, -0.1) is 0 Å². The number of hydrogen-bond acceptors (Lipinski definition) is 4. The smallest absolute Gasteiger partial charge is 0.337 e. The van der Waals surface area contributed by atoms with Crippen LogP contribution in [0.15, 0.2) is 18.2 Å². The average Bonchev–Trinajstić information content (AvgIpc) is 2.35. The van der Waals surface area contributed by atoms with E-state index in [2.05, 4.69) is 15.9 Å². The minimum Gasteiger partial charge on any atom is -0.479 e. The summed E-state index contributed by atoms with van der Waals surface area (Å²) in [5.41, 5.74) is 0.597. The first kappa shape index (κ1) is 14.8. The zero-order valence-corrected chi connectivity index (χ0v) is 11.2. The molecule has 0 aliphatic rings. The van der Waals surface area contributed by atoms with Crippen molar-refractivity contribution in [2.75, 3.05) is 0 Å². The summed E-state index contributed by atoms with van der Waals surface area (Å²) in [5, 5.41) is 27.4. The number of carboxylic acid groups (broad SMARTS) is 1. The van der Waals surface area contributed by atoms with E-state index in [-0.39, 0.29) is 22.5 Å². The van der Waals surface area contributed by atoms with Crippen LogP contribution in [0.25, 0.3) is 0 Å². The molecule has 98 valence electrons. The number of rotatable bonds is 5. The summed E-state index contributed by atoms with van der Waals surface area (Å²) in [5.74, 6) is -1.65. The second-order valence-corrected chi connectivity index (χ2v) is 5.17. The molecule has 0 bridgehead atoms. The van der Waals surface area contributed by atoms with Crippen LogP contribution in [0.2, 0.25) is 0 Å². The van der Waals surface area contributed by atoms with Gasteiger partial charge in [-0.05, 0) is 24.1 Å². The number of aliphatic carboxylic acids is 1. The lowest BCUT2D eigenvalue weighted by molar-refractivity contribution is -0.147. The first-order valence-corrected chi connectivity index (χ1v) is 6.13. The van der Waals surface area contributed by atoms with Crippen LogP contribution in [0.5, 0.6) is 0 Å². The lowest BCUT2D eigenvalue weighted by Gasteiger charge is -2.13. The van der Waals surface area contributed by atoms with Gasteiger partial charge in [-0.25, -0.2) is 4.79 Å². The average molecular weight is 317 g/mol. The monoisotopic (exact) mass is 316 g/mol. The lowest BCUT2D eigenvalue weighted by atomic mass is 9.97. The third-order valence-corrected chi connectivity index (χ3v) is 2.91. The number of aliphatic hydroxyl groups is 2. The molecule has 0 spiro atoms. The van der Waals surface area contributed by atoms with Gasteiger partial charge in [0.2, 0.25) is 0 Å². The first-order valence-electron chi connectivity index (χ1n) is 5.21. The van der Waals surface area contributed by atoms with Crippen molar-refractivity contribution in [1.29, 1.82) is 0 Å². The standard InChI is InChI=1S/C12H13BrO5/c1-6(13)10(15)7-2-3-8(5-14)9(4-7)11(16)12(17)18/h2-4,6,11,14,16H,5H2,1H3,(H,17,18). The molecule has 0 aromatic heterocycles. The van der Waals surface area contributed by atoms with Gasteiger partial charge < -0.3 is 15.3 Å². The van der Waals surface area contributed by atoms with Gasteiger partial charge in [0.15, 0.2) is 11.9 Å². The number of ketones is 1. The van der Waals surface area contributed by atoms with Gasteiger partial charge in [0.25, 0.3) is 0 Å². The van der Waals surface area contributed by atoms with E-state index in [0.717, 1.165) is 0 Å². The van der Waals surface area contributed by atoms with E-state index in [1.54, 1.807) is 6.92 Å². The van der Waals surface area contributed by atoms with Crippen molar-refractivity contribution in [1.82, 2.24) is 0 Å². The lowest BCUT2D eigenvalue weighted by Crippen LogP contribution is -2.16. The van der Waals surface area contributed by atoms with E-state index in [1.807, 2.05) is 0 Å². The van der Waals surface area contributed by atoms with Crippen molar-refractivity contribution in [2.24, 2.45) is 0 Å². The Morgan fingerprint density at radius 3 is 2.44 bits per heavy atom. The predicted molar refractivity (Wildman–Crippen MR) is 67.7 cm³/mol. The molecule has 1 aromatic carbocycles. The van der Waals surface area contributed by atoms with Gasteiger partial charge in [-0.2, -0.15) is 0 Å². The Labute approximate surface area is 112 Å². The van der Waals surface area contributed by atoms with Crippen LogP contribution in [0.4, 0.5) is 0 Å². The zero-order chi connectivity index (χ0) is 13.9. The Morgan fingerprint density at radius 2 is 2.00 bits per heavy atom. The number of halogens is 1. The molecular formula is C12H13BrO5. The van der Waals surface area contributed by atoms with Gasteiger partial charge in [0, 0.05) is 5.56 Å². The van der Waals surface area contributed by atoms with Gasteiger partial charge in [-0.1, -0.05) is 28.1 Å². The molecule has 0 fully saturated rings. The van der Waals surface area contributed by atoms with Crippen molar-refractivity contribution in [3.63, 3.8) is 0 Å². The number of aliphatic hydroxyl groups excluding tert-OH is 2. The third kappa shape index (κ3) is 3.16. The molecule has 0 saturated heterocycles. The van der Waals surface area contributed by atoms with E-state index < -0.39 is 23.5 Å². The Bertz CT molecular complexity index is 470. The van der Waals surface area contributed by atoms with Crippen LogP contribution in [-0.2, 0) is 11.4 Å². The van der Waals surface area contributed by atoms with E-state index in [1.165, 1.54) is 18.2 Å². The number of carboxylic acids is 1. The molecule has 2 unspecified atom stereocenters. The summed E-state index contributed by atoms with van der Waals surface area (Å²) >= 11 is 3.12. The van der Waals surface area contributed by atoms with Crippen molar-refractivity contribution >= 4 is 27.7 Å². The van der Waals surface area contributed by atoms with E-state index in [0.29, 0.717) is 0 Å². The molecule has 0 heterocycles. The largest absolute Gasteiger partial charge is 0.479 e. The number of Topliss-reactive ketones (excluding diaryl/α,β-unsaturated/α-hetero) is 1. The Morgan fingerprint density at radius 1 is 1.39 bits per heavy atom. The van der Waals surface area contributed by atoms with Crippen molar-refractivity contribution in [3.05, 3.63) is 34.9 Å². The second-order valence-electron chi connectivity index (χ2n) is 3.79. The topological polar surface area (TPSA) is 94.8 Å². The van der Waals surface area contributed by atoms with Crippen LogP contribution in [0.3, 0.4) is 0 Å². The van der Waals surface area contributed by atoms with E-state index in [4.69, 9.17) is 10.2 Å². The molecular weight excluding hydrogens is 304 g/mol. The number of hydrogen-bond donors (Lipinski definition) is 3. The number of carbonyl (C=O) groups is 2. The fourth-order valence-corrected chi connectivity index (χ4v) is 1.77. The van der Waals surface area contributed by atoms with Crippen LogP contribution in [-0.4, -0.2) is 31.9 Å². The quantitative estimate of drug-likeness (QED) is 0.561. The summed E-state index contributed by atoms with van der Waals surface area (Å²) in [6, 6.07) is 4.22. The fraction of sp³-hybridized carbons (Fsp3) is 0.333. The molecule has 18 heavy (non-hydrogen) atoms. The van der Waals surface area contributed by atoms with Crippen molar-refractivity contribution in [3.8, 4) is 0 Å². The van der Waals surface area contributed by atoms with Gasteiger partial charge >= 0.3 is 5.97 Å². The van der Waals surface area contributed by atoms with Crippen LogP contribution in [0.1, 0.15) is 34.5 Å². The minimum absolute atomic E-state index is 0.0315. The maximum atomic E-state index is 11.8. The molecule has 0 aliphatic heterocycles. The molecule has 0 radical (unpaired) electrons. The highest BCUT2D eigenvalue weighted by Gasteiger charge is 2.22. The Kier molecular flexibility index (Phi) is 5.01.